The molecule has 2 N–H and O–H groups in total. The Hall–Kier alpha value is -4.27. The summed E-state index contributed by atoms with van der Waals surface area (Å²) in [6.07, 6.45) is 1.13. The summed E-state index contributed by atoms with van der Waals surface area (Å²) in [5, 5.41) is 9.58. The zero-order valence-electron chi connectivity index (χ0n) is 19.4. The minimum absolute atomic E-state index is 0.0880. The number of halogens is 1. The van der Waals surface area contributed by atoms with Crippen LogP contribution in [0.1, 0.15) is 28.4 Å². The van der Waals surface area contributed by atoms with Crippen LogP contribution in [0.25, 0.3) is 11.3 Å². The Balaban J connectivity index is 2.21. The van der Waals surface area contributed by atoms with Crippen LogP contribution >= 0.6 is 0 Å². The number of carbonyl (C=O) groups is 2. The minimum Gasteiger partial charge on any atom is -0.456 e. The van der Waals surface area contributed by atoms with E-state index in [9.17, 15) is 18.8 Å². The van der Waals surface area contributed by atoms with Crippen LogP contribution in [0.15, 0.2) is 53.8 Å². The smallest absolute Gasteiger partial charge is 0.279 e. The summed E-state index contributed by atoms with van der Waals surface area (Å²) >= 11 is 0. The fourth-order valence-electron chi connectivity index (χ4n) is 3.42. The number of aryl methyl sites for hydroxylation is 3. The molecule has 8 nitrogen and oxygen atoms in total. The fourth-order valence-corrected chi connectivity index (χ4v) is 3.42. The van der Waals surface area contributed by atoms with Crippen LogP contribution in [0.2, 0.25) is 0 Å². The topological polar surface area (TPSA) is 102 Å². The number of nitrogens with one attached hydrogen (secondary N) is 2. The highest BCUT2D eigenvalue weighted by Gasteiger charge is 2.19. The maximum absolute atomic E-state index is 13.8. The lowest BCUT2D eigenvalue weighted by Gasteiger charge is -2.17. The Bertz CT molecular complexity index is 1320. The van der Waals surface area contributed by atoms with E-state index in [0.29, 0.717) is 40.4 Å². The van der Waals surface area contributed by atoms with Gasteiger partial charge in [-0.3, -0.25) is 14.4 Å². The average Bonchev–Trinajstić information content (AvgIpc) is 2.78. The number of carbonyl (C=O) groups excluding carboxylic acids is 2. The van der Waals surface area contributed by atoms with Gasteiger partial charge in [-0.25, -0.2) is 9.07 Å². The van der Waals surface area contributed by atoms with Gasteiger partial charge in [0.15, 0.2) is 0 Å². The van der Waals surface area contributed by atoms with Crippen molar-refractivity contribution in [1.82, 2.24) is 15.1 Å². The third-order valence-electron chi connectivity index (χ3n) is 4.99. The van der Waals surface area contributed by atoms with Crippen molar-refractivity contribution in [1.29, 1.82) is 0 Å². The van der Waals surface area contributed by atoms with E-state index in [4.69, 9.17) is 4.74 Å². The first-order chi connectivity index (χ1) is 16.1. The number of rotatable bonds is 7. The minimum atomic E-state index is -0.557. The molecule has 0 radical (unpaired) electrons. The number of benzene rings is 2. The van der Waals surface area contributed by atoms with Crippen molar-refractivity contribution in [3.8, 4) is 22.8 Å². The van der Waals surface area contributed by atoms with Crippen molar-refractivity contribution in [3.05, 3.63) is 81.9 Å². The van der Waals surface area contributed by atoms with Crippen molar-refractivity contribution in [2.45, 2.75) is 20.8 Å². The van der Waals surface area contributed by atoms with Gasteiger partial charge in [-0.1, -0.05) is 6.58 Å². The van der Waals surface area contributed by atoms with Crippen LogP contribution in [0.5, 0.6) is 11.5 Å². The molecule has 0 atom stereocenters. The van der Waals surface area contributed by atoms with Gasteiger partial charge in [-0.2, -0.15) is 5.10 Å². The van der Waals surface area contributed by atoms with E-state index in [1.54, 1.807) is 39.0 Å². The van der Waals surface area contributed by atoms with Gasteiger partial charge in [0, 0.05) is 24.8 Å². The highest BCUT2D eigenvalue weighted by molar-refractivity contribution is 5.99. The monoisotopic (exact) mass is 464 g/mol. The van der Waals surface area contributed by atoms with Gasteiger partial charge < -0.3 is 15.4 Å². The van der Waals surface area contributed by atoms with Crippen molar-refractivity contribution in [2.75, 3.05) is 11.9 Å². The predicted octanol–water partition coefficient (Wildman–Crippen LogP) is 3.87. The standard InChI is InChI=1S/C25H25FN4O4/c1-6-22(31)28-17-8-9-21(34-23-14(3)10-16(26)11-15(23)4)18(12-17)20-13-19(24(32)27-7-2)25(33)30(5)29-20/h6,8-13H,1,7H2,2-5H3,(H,27,32)(H,28,31). The highest BCUT2D eigenvalue weighted by atomic mass is 19.1. The number of aromatic nitrogens is 2. The maximum atomic E-state index is 13.8. The molecule has 3 aromatic rings. The van der Waals surface area contributed by atoms with E-state index < -0.39 is 17.4 Å². The van der Waals surface area contributed by atoms with Gasteiger partial charge in [0.05, 0.1) is 5.69 Å². The molecule has 0 aliphatic rings. The van der Waals surface area contributed by atoms with Gasteiger partial charge >= 0.3 is 0 Å². The summed E-state index contributed by atoms with van der Waals surface area (Å²) in [4.78, 5) is 36.8. The molecule has 34 heavy (non-hydrogen) atoms. The van der Waals surface area contributed by atoms with Crippen molar-refractivity contribution in [2.24, 2.45) is 7.05 Å². The van der Waals surface area contributed by atoms with E-state index in [1.807, 2.05) is 0 Å². The molecular formula is C25H25FN4O4. The van der Waals surface area contributed by atoms with Crippen LogP contribution in [0.4, 0.5) is 10.1 Å². The number of hydrogen-bond acceptors (Lipinski definition) is 5. The Morgan fingerprint density at radius 1 is 1.18 bits per heavy atom. The Morgan fingerprint density at radius 2 is 1.85 bits per heavy atom. The lowest BCUT2D eigenvalue weighted by atomic mass is 10.1. The number of ether oxygens (including phenoxy) is 1. The molecule has 0 saturated carbocycles. The first-order valence-corrected chi connectivity index (χ1v) is 10.5. The van der Waals surface area contributed by atoms with Gasteiger partial charge in [-0.15, -0.1) is 0 Å². The molecule has 0 aliphatic carbocycles. The Morgan fingerprint density at radius 3 is 2.47 bits per heavy atom. The van der Waals surface area contributed by atoms with Crippen molar-refractivity contribution in [3.63, 3.8) is 0 Å². The first kappa shape index (κ1) is 24.4. The van der Waals surface area contributed by atoms with Gasteiger partial charge in [0.1, 0.15) is 22.9 Å². The molecule has 176 valence electrons. The van der Waals surface area contributed by atoms with Crippen LogP contribution in [-0.2, 0) is 11.8 Å². The second kappa shape index (κ2) is 10.1. The summed E-state index contributed by atoms with van der Waals surface area (Å²) < 4.78 is 21.0. The molecule has 0 bridgehead atoms. The van der Waals surface area contributed by atoms with Gasteiger partial charge in [-0.05, 0) is 74.4 Å². The summed E-state index contributed by atoms with van der Waals surface area (Å²) in [7, 11) is 1.44. The molecule has 0 aliphatic heterocycles. The molecule has 2 aromatic carbocycles. The number of anilines is 1. The van der Waals surface area contributed by atoms with E-state index in [0.717, 1.165) is 10.8 Å². The lowest BCUT2D eigenvalue weighted by Crippen LogP contribution is -2.33. The molecule has 0 spiro atoms. The number of amides is 2. The lowest BCUT2D eigenvalue weighted by molar-refractivity contribution is -0.111. The number of hydrogen-bond donors (Lipinski definition) is 2. The first-order valence-electron chi connectivity index (χ1n) is 10.5. The molecule has 3 rings (SSSR count). The van der Waals surface area contributed by atoms with Crippen LogP contribution < -0.4 is 20.9 Å². The summed E-state index contributed by atoms with van der Waals surface area (Å²) in [5.74, 6) is -0.532. The second-order valence-corrected chi connectivity index (χ2v) is 7.61. The molecule has 2 amide bonds. The quantitative estimate of drug-likeness (QED) is 0.517. The Kier molecular flexibility index (Phi) is 7.25. The molecule has 0 fully saturated rings. The molecule has 1 heterocycles. The number of nitrogens with zero attached hydrogens (tertiary/aromatic N) is 2. The van der Waals surface area contributed by atoms with Crippen molar-refractivity contribution < 1.29 is 18.7 Å². The van der Waals surface area contributed by atoms with Crippen molar-refractivity contribution >= 4 is 17.5 Å². The molecular weight excluding hydrogens is 439 g/mol. The average molecular weight is 464 g/mol. The van der Waals surface area contributed by atoms with E-state index in [1.165, 1.54) is 25.2 Å². The van der Waals surface area contributed by atoms with Crippen LogP contribution in [-0.4, -0.2) is 28.1 Å². The largest absolute Gasteiger partial charge is 0.456 e. The Labute approximate surface area is 196 Å². The summed E-state index contributed by atoms with van der Waals surface area (Å²) in [5.41, 5.74) is 1.63. The van der Waals surface area contributed by atoms with Gasteiger partial charge in [0.25, 0.3) is 11.5 Å². The van der Waals surface area contributed by atoms with Crippen LogP contribution in [0.3, 0.4) is 0 Å². The van der Waals surface area contributed by atoms with Crippen LogP contribution in [0, 0.1) is 19.7 Å². The normalized spacial score (nSPS) is 10.5. The molecule has 9 heteroatoms. The third kappa shape index (κ3) is 5.20. The molecule has 0 saturated heterocycles. The highest BCUT2D eigenvalue weighted by Crippen LogP contribution is 2.37. The second-order valence-electron chi connectivity index (χ2n) is 7.61. The molecule has 1 aromatic heterocycles. The zero-order valence-corrected chi connectivity index (χ0v) is 19.4. The fraction of sp³-hybridized carbons (Fsp3) is 0.200. The maximum Gasteiger partial charge on any atom is 0.279 e. The SMILES string of the molecule is C=CC(=O)Nc1ccc(Oc2c(C)cc(F)cc2C)c(-c2cc(C(=O)NCC)c(=O)n(C)n2)c1. The van der Waals surface area contributed by atoms with E-state index in [2.05, 4.69) is 22.3 Å². The van der Waals surface area contributed by atoms with E-state index in [-0.39, 0.29) is 17.1 Å². The van der Waals surface area contributed by atoms with E-state index >= 15 is 0 Å². The third-order valence-corrected chi connectivity index (χ3v) is 4.99. The molecule has 0 unspecified atom stereocenters. The summed E-state index contributed by atoms with van der Waals surface area (Å²) in [6, 6.07) is 8.95. The van der Waals surface area contributed by atoms with Gasteiger partial charge in [0.2, 0.25) is 5.91 Å². The predicted molar refractivity (Wildman–Crippen MR) is 128 cm³/mol. The summed E-state index contributed by atoms with van der Waals surface area (Å²) in [6.45, 7) is 8.99. The zero-order chi connectivity index (χ0) is 25.0.